The molecule has 0 aromatic rings. The zero-order valence-electron chi connectivity index (χ0n) is 7.41. The van der Waals surface area contributed by atoms with Crippen molar-refractivity contribution < 1.29 is 14.3 Å². The van der Waals surface area contributed by atoms with E-state index in [0.717, 1.165) is 25.7 Å². The molecule has 3 atom stereocenters. The number of epoxide rings is 1. The van der Waals surface area contributed by atoms with Crippen LogP contribution in [-0.2, 0) is 14.3 Å². The van der Waals surface area contributed by atoms with Crippen molar-refractivity contribution >= 4 is 5.97 Å². The Kier molecular flexibility index (Phi) is 1.15. The summed E-state index contributed by atoms with van der Waals surface area (Å²) >= 11 is 0. The van der Waals surface area contributed by atoms with Crippen LogP contribution in [0.3, 0.4) is 0 Å². The average molecular weight is 180 g/mol. The van der Waals surface area contributed by atoms with Gasteiger partial charge in [-0.3, -0.25) is 0 Å². The first-order chi connectivity index (χ1) is 6.18. The molecule has 3 rings (SSSR count). The second-order valence-corrected chi connectivity index (χ2v) is 4.36. The van der Waals surface area contributed by atoms with Crippen LogP contribution in [0.15, 0.2) is 12.7 Å². The Labute approximate surface area is 76.7 Å². The molecule has 1 aliphatic heterocycles. The highest BCUT2D eigenvalue weighted by Crippen LogP contribution is 2.65. The van der Waals surface area contributed by atoms with E-state index in [-0.39, 0.29) is 17.2 Å². The maximum atomic E-state index is 11.1. The Bertz CT molecular complexity index is 299. The summed E-state index contributed by atoms with van der Waals surface area (Å²) in [6, 6.07) is 0. The van der Waals surface area contributed by atoms with Crippen LogP contribution in [0, 0.1) is 0 Å². The third-order valence-electron chi connectivity index (χ3n) is 3.57. The lowest BCUT2D eigenvalue weighted by Gasteiger charge is -2.25. The molecule has 0 N–H and O–H groups in total. The van der Waals surface area contributed by atoms with Gasteiger partial charge in [0.05, 0.1) is 11.7 Å². The van der Waals surface area contributed by atoms with Gasteiger partial charge in [-0.1, -0.05) is 6.58 Å². The summed E-state index contributed by atoms with van der Waals surface area (Å²) < 4.78 is 11.0. The van der Waals surface area contributed by atoms with E-state index in [1.54, 1.807) is 0 Å². The third-order valence-corrected chi connectivity index (χ3v) is 3.57. The van der Waals surface area contributed by atoms with Gasteiger partial charge in [-0.05, 0) is 12.8 Å². The first-order valence-electron chi connectivity index (χ1n) is 4.71. The SMILES string of the molecule is C=CC(=O)OC12CCC3(C1)OC3C2. The maximum absolute atomic E-state index is 11.1. The van der Waals surface area contributed by atoms with Crippen molar-refractivity contribution in [1.29, 1.82) is 0 Å². The van der Waals surface area contributed by atoms with Crippen molar-refractivity contribution in [3.63, 3.8) is 0 Å². The van der Waals surface area contributed by atoms with E-state index in [1.807, 2.05) is 0 Å². The molecular weight excluding hydrogens is 168 g/mol. The van der Waals surface area contributed by atoms with Crippen LogP contribution < -0.4 is 0 Å². The molecular formula is C10H12O3. The largest absolute Gasteiger partial charge is 0.456 e. The van der Waals surface area contributed by atoms with Crippen LogP contribution in [0.25, 0.3) is 0 Å². The van der Waals surface area contributed by atoms with E-state index in [9.17, 15) is 4.79 Å². The van der Waals surface area contributed by atoms with Crippen LogP contribution in [0.2, 0.25) is 0 Å². The molecule has 3 nitrogen and oxygen atoms in total. The molecule has 0 aromatic carbocycles. The van der Waals surface area contributed by atoms with E-state index in [4.69, 9.17) is 9.47 Å². The van der Waals surface area contributed by atoms with Gasteiger partial charge in [0.1, 0.15) is 5.60 Å². The molecule has 3 heteroatoms. The molecule has 70 valence electrons. The van der Waals surface area contributed by atoms with Crippen molar-refractivity contribution in [1.82, 2.24) is 0 Å². The van der Waals surface area contributed by atoms with Crippen LogP contribution >= 0.6 is 0 Å². The van der Waals surface area contributed by atoms with Gasteiger partial charge in [0, 0.05) is 18.9 Å². The number of esters is 1. The number of hydrogen-bond acceptors (Lipinski definition) is 3. The first-order valence-corrected chi connectivity index (χ1v) is 4.71. The molecule has 1 spiro atoms. The monoisotopic (exact) mass is 180 g/mol. The van der Waals surface area contributed by atoms with E-state index in [0.29, 0.717) is 6.10 Å². The molecule has 13 heavy (non-hydrogen) atoms. The van der Waals surface area contributed by atoms with Crippen LogP contribution in [-0.4, -0.2) is 23.3 Å². The lowest BCUT2D eigenvalue weighted by atomic mass is 9.97. The normalized spacial score (nSPS) is 50.0. The smallest absolute Gasteiger partial charge is 0.330 e. The van der Waals surface area contributed by atoms with E-state index < -0.39 is 0 Å². The molecule has 1 saturated heterocycles. The summed E-state index contributed by atoms with van der Waals surface area (Å²) in [5.74, 6) is -0.293. The van der Waals surface area contributed by atoms with Gasteiger partial charge in [0.15, 0.2) is 0 Å². The van der Waals surface area contributed by atoms with Gasteiger partial charge in [-0.15, -0.1) is 0 Å². The second-order valence-electron chi connectivity index (χ2n) is 4.36. The predicted octanol–water partition coefficient (Wildman–Crippen LogP) is 1.18. The van der Waals surface area contributed by atoms with E-state index >= 15 is 0 Å². The quantitative estimate of drug-likeness (QED) is 0.364. The van der Waals surface area contributed by atoms with Crippen molar-refractivity contribution in [3.8, 4) is 0 Å². The highest BCUT2D eigenvalue weighted by Gasteiger charge is 2.73. The Morgan fingerprint density at radius 3 is 3.00 bits per heavy atom. The summed E-state index contributed by atoms with van der Waals surface area (Å²) in [6.45, 7) is 3.40. The number of fused-ring (bicyclic) bond motifs is 1. The number of hydrogen-bond donors (Lipinski definition) is 0. The third kappa shape index (κ3) is 0.854. The van der Waals surface area contributed by atoms with Gasteiger partial charge in [-0.2, -0.15) is 0 Å². The fourth-order valence-electron chi connectivity index (χ4n) is 2.91. The molecule has 2 aliphatic carbocycles. The Balaban J connectivity index is 1.78. The zero-order valence-corrected chi connectivity index (χ0v) is 7.41. The lowest BCUT2D eigenvalue weighted by Crippen LogP contribution is -2.31. The summed E-state index contributed by atoms with van der Waals surface area (Å²) in [5.41, 5.74) is -0.0877. The van der Waals surface area contributed by atoms with Crippen LogP contribution in [0.1, 0.15) is 25.7 Å². The van der Waals surface area contributed by atoms with E-state index in [1.165, 1.54) is 6.08 Å². The van der Waals surface area contributed by atoms with Crippen molar-refractivity contribution in [3.05, 3.63) is 12.7 Å². The summed E-state index contributed by atoms with van der Waals surface area (Å²) in [6.07, 6.45) is 5.44. The molecule has 3 fully saturated rings. The highest BCUT2D eigenvalue weighted by atomic mass is 16.6. The summed E-state index contributed by atoms with van der Waals surface area (Å²) in [5, 5.41) is 0. The minimum atomic E-state index is -0.293. The predicted molar refractivity (Wildman–Crippen MR) is 45.1 cm³/mol. The van der Waals surface area contributed by atoms with E-state index in [2.05, 4.69) is 6.58 Å². The van der Waals surface area contributed by atoms with Crippen LogP contribution in [0.4, 0.5) is 0 Å². The van der Waals surface area contributed by atoms with Gasteiger partial charge < -0.3 is 9.47 Å². The van der Waals surface area contributed by atoms with Crippen molar-refractivity contribution in [2.75, 3.05) is 0 Å². The fourth-order valence-corrected chi connectivity index (χ4v) is 2.91. The first kappa shape index (κ1) is 7.56. The van der Waals surface area contributed by atoms with Gasteiger partial charge in [0.2, 0.25) is 0 Å². The molecule has 0 amide bonds. The van der Waals surface area contributed by atoms with Crippen molar-refractivity contribution in [2.45, 2.75) is 43.0 Å². The Morgan fingerprint density at radius 1 is 1.62 bits per heavy atom. The molecule has 0 radical (unpaired) electrons. The number of carbonyl (C=O) groups excluding carboxylic acids is 1. The average Bonchev–Trinajstić information content (AvgIpc) is 2.55. The van der Waals surface area contributed by atoms with Gasteiger partial charge in [-0.25, -0.2) is 4.79 Å². The molecule has 0 aromatic heterocycles. The number of rotatable bonds is 2. The van der Waals surface area contributed by atoms with Gasteiger partial charge in [0.25, 0.3) is 0 Å². The topological polar surface area (TPSA) is 38.8 Å². The second kappa shape index (κ2) is 1.98. The standard InChI is InChI=1S/C10H12O3/c1-2-8(11)13-9-3-4-10(6-9)7(5-9)12-10/h2,7H,1,3-6H2. The summed E-state index contributed by atoms with van der Waals surface area (Å²) in [4.78, 5) is 11.1. The molecule has 2 bridgehead atoms. The molecule has 3 aliphatic rings. The summed E-state index contributed by atoms with van der Waals surface area (Å²) in [7, 11) is 0. The lowest BCUT2D eigenvalue weighted by molar-refractivity contribution is -0.153. The molecule has 1 heterocycles. The van der Waals surface area contributed by atoms with Crippen molar-refractivity contribution in [2.24, 2.45) is 0 Å². The van der Waals surface area contributed by atoms with Gasteiger partial charge >= 0.3 is 5.97 Å². The minimum absolute atomic E-state index is 0.113. The highest BCUT2D eigenvalue weighted by molar-refractivity contribution is 5.81. The molecule has 3 unspecified atom stereocenters. The van der Waals surface area contributed by atoms with Crippen LogP contribution in [0.5, 0.6) is 0 Å². The fraction of sp³-hybridized carbons (Fsp3) is 0.700. The number of ether oxygens (including phenoxy) is 2. The Hall–Kier alpha value is -0.830. The zero-order chi connectivity index (χ0) is 9.10. The minimum Gasteiger partial charge on any atom is -0.456 e. The Morgan fingerprint density at radius 2 is 2.46 bits per heavy atom. The molecule has 2 saturated carbocycles. The number of carbonyl (C=O) groups is 1. The maximum Gasteiger partial charge on any atom is 0.330 e.